The molecule has 7 nitrogen and oxygen atoms in total. The lowest BCUT2D eigenvalue weighted by molar-refractivity contribution is 0.149. The molecule has 0 aliphatic rings. The summed E-state index contributed by atoms with van der Waals surface area (Å²) in [4.78, 5) is 0. The van der Waals surface area contributed by atoms with Crippen LogP contribution in [0.1, 0.15) is 61.8 Å². The quantitative estimate of drug-likeness (QED) is 0.123. The maximum atomic E-state index is 10.2. The summed E-state index contributed by atoms with van der Waals surface area (Å²) in [5.74, 6) is -0.159. The Morgan fingerprint density at radius 1 is 0.639 bits per heavy atom. The van der Waals surface area contributed by atoms with Crippen molar-refractivity contribution >= 4 is 24.8 Å². The zero-order valence-corrected chi connectivity index (χ0v) is 23.1. The van der Waals surface area contributed by atoms with Crippen LogP contribution in [0.3, 0.4) is 0 Å². The fourth-order valence-electron chi connectivity index (χ4n) is 4.35. The molecule has 0 amide bonds. The van der Waals surface area contributed by atoms with Gasteiger partial charge in [0.15, 0.2) is 23.0 Å². The van der Waals surface area contributed by atoms with Crippen molar-refractivity contribution in [3.05, 3.63) is 46.5 Å². The van der Waals surface area contributed by atoms with Crippen LogP contribution in [0.15, 0.2) is 24.3 Å². The summed E-state index contributed by atoms with van der Waals surface area (Å²) in [6.07, 6.45) is 5.96. The van der Waals surface area contributed by atoms with E-state index in [4.69, 9.17) is 0 Å². The van der Waals surface area contributed by atoms with Gasteiger partial charge in [-0.3, -0.25) is 0 Å². The summed E-state index contributed by atoms with van der Waals surface area (Å²) in [5.41, 5.74) is 3.70. The van der Waals surface area contributed by atoms with Crippen LogP contribution in [0.5, 0.6) is 23.0 Å². The number of aliphatic hydroxyl groups is 1. The molecular formula is C27H44Cl2N2O5. The second-order valence-corrected chi connectivity index (χ2v) is 8.79. The number of nitrogens with one attached hydrogen (secondary N) is 2. The van der Waals surface area contributed by atoms with Crippen LogP contribution in [-0.2, 0) is 25.7 Å². The summed E-state index contributed by atoms with van der Waals surface area (Å²) >= 11 is 0. The van der Waals surface area contributed by atoms with E-state index >= 15 is 0 Å². The Labute approximate surface area is 227 Å². The average Bonchev–Trinajstić information content (AvgIpc) is 2.83. The van der Waals surface area contributed by atoms with Crippen molar-refractivity contribution in [2.45, 2.75) is 71.3 Å². The van der Waals surface area contributed by atoms with Crippen molar-refractivity contribution in [2.24, 2.45) is 0 Å². The number of aliphatic hydroxyl groups excluding tert-OH is 1. The number of hydrogen-bond donors (Lipinski definition) is 7. The van der Waals surface area contributed by atoms with Crippen LogP contribution < -0.4 is 10.6 Å². The van der Waals surface area contributed by atoms with Gasteiger partial charge < -0.3 is 36.2 Å². The van der Waals surface area contributed by atoms with E-state index in [-0.39, 0.29) is 53.9 Å². The molecule has 0 fully saturated rings. The maximum Gasteiger partial charge on any atom is 0.160 e. The molecule has 0 saturated carbocycles. The van der Waals surface area contributed by atoms with E-state index in [1.54, 1.807) is 0 Å². The normalized spacial score (nSPS) is 10.8. The van der Waals surface area contributed by atoms with Crippen LogP contribution in [0.25, 0.3) is 0 Å². The minimum absolute atomic E-state index is 0. The summed E-state index contributed by atoms with van der Waals surface area (Å²) in [5, 5.41) is 56.2. The van der Waals surface area contributed by atoms with E-state index in [2.05, 4.69) is 10.6 Å². The van der Waals surface area contributed by atoms with Gasteiger partial charge in [0.25, 0.3) is 0 Å². The molecule has 0 spiro atoms. The van der Waals surface area contributed by atoms with E-state index in [0.717, 1.165) is 87.0 Å². The summed E-state index contributed by atoms with van der Waals surface area (Å²) in [7, 11) is 0. The SMILES string of the molecule is CCc1c(CCNCCCC(O)CCCNCCc2ccc(O)c(O)c2CC)ccc(O)c1O.Cl.Cl. The predicted octanol–water partition coefficient (Wildman–Crippen LogP) is 4.36. The molecule has 0 saturated heterocycles. The third-order valence-corrected chi connectivity index (χ3v) is 6.35. The lowest BCUT2D eigenvalue weighted by Gasteiger charge is -2.13. The van der Waals surface area contributed by atoms with Crippen molar-refractivity contribution in [1.82, 2.24) is 10.6 Å². The Kier molecular flexibility index (Phi) is 17.4. The van der Waals surface area contributed by atoms with Crippen LogP contribution in [0, 0.1) is 0 Å². The predicted molar refractivity (Wildman–Crippen MR) is 150 cm³/mol. The molecule has 0 unspecified atom stereocenters. The minimum atomic E-state index is -0.301. The Balaban J connectivity index is 0.00000612. The van der Waals surface area contributed by atoms with Gasteiger partial charge in [-0.1, -0.05) is 26.0 Å². The number of benzene rings is 2. The Morgan fingerprint density at radius 3 is 1.39 bits per heavy atom. The van der Waals surface area contributed by atoms with E-state index in [1.165, 1.54) is 12.1 Å². The van der Waals surface area contributed by atoms with Gasteiger partial charge in [-0.25, -0.2) is 0 Å². The van der Waals surface area contributed by atoms with Crippen molar-refractivity contribution < 1.29 is 25.5 Å². The number of phenols is 4. The lowest BCUT2D eigenvalue weighted by Crippen LogP contribution is -2.22. The van der Waals surface area contributed by atoms with Crippen molar-refractivity contribution in [3.8, 4) is 23.0 Å². The lowest BCUT2D eigenvalue weighted by atomic mass is 10.0. The highest BCUT2D eigenvalue weighted by Crippen LogP contribution is 2.32. The van der Waals surface area contributed by atoms with Crippen LogP contribution in [0.2, 0.25) is 0 Å². The van der Waals surface area contributed by atoms with E-state index < -0.39 is 0 Å². The third kappa shape index (κ3) is 10.6. The highest BCUT2D eigenvalue weighted by Gasteiger charge is 2.11. The first-order chi connectivity index (χ1) is 16.4. The monoisotopic (exact) mass is 546 g/mol. The molecule has 9 heteroatoms. The molecule has 2 rings (SSSR count). The molecule has 0 atom stereocenters. The van der Waals surface area contributed by atoms with Gasteiger partial charge in [-0.05, 0) is 101 Å². The van der Waals surface area contributed by atoms with Crippen LogP contribution in [-0.4, -0.2) is 57.8 Å². The Hall–Kier alpha value is -1.90. The molecule has 0 aromatic heterocycles. The highest BCUT2D eigenvalue weighted by atomic mass is 35.5. The zero-order chi connectivity index (χ0) is 24.9. The number of phenolic OH excluding ortho intramolecular Hbond substituents is 4. The van der Waals surface area contributed by atoms with Crippen molar-refractivity contribution in [1.29, 1.82) is 0 Å². The second kappa shape index (κ2) is 18.4. The first kappa shape index (κ1) is 34.1. The first-order valence-corrected chi connectivity index (χ1v) is 12.5. The van der Waals surface area contributed by atoms with Crippen LogP contribution in [0.4, 0.5) is 0 Å². The standard InChI is InChI=1S/C27H42N2O5.2ClH/c1-3-22-19(9-11-24(31)26(22)33)13-17-28-15-5-7-21(30)8-6-16-29-18-14-20-10-12-25(32)27(34)23(20)4-2;;/h9-12,21,28-34H,3-8,13-18H2,1-2H3;2*1H. The van der Waals surface area contributed by atoms with Gasteiger partial charge in [-0.15, -0.1) is 24.8 Å². The third-order valence-electron chi connectivity index (χ3n) is 6.35. The molecule has 0 aliphatic heterocycles. The molecule has 0 aliphatic carbocycles. The largest absolute Gasteiger partial charge is 0.504 e. The van der Waals surface area contributed by atoms with Gasteiger partial charge in [0.1, 0.15) is 0 Å². The fraction of sp³-hybridized carbons (Fsp3) is 0.556. The van der Waals surface area contributed by atoms with Gasteiger partial charge in [-0.2, -0.15) is 0 Å². The fourth-order valence-corrected chi connectivity index (χ4v) is 4.35. The van der Waals surface area contributed by atoms with E-state index in [1.807, 2.05) is 26.0 Å². The number of aromatic hydroxyl groups is 4. The van der Waals surface area contributed by atoms with Gasteiger partial charge >= 0.3 is 0 Å². The summed E-state index contributed by atoms with van der Waals surface area (Å²) < 4.78 is 0. The average molecular weight is 548 g/mol. The second-order valence-electron chi connectivity index (χ2n) is 8.79. The molecule has 2 aromatic rings. The molecular weight excluding hydrogens is 503 g/mol. The van der Waals surface area contributed by atoms with E-state index in [9.17, 15) is 25.5 Å². The minimum Gasteiger partial charge on any atom is -0.504 e. The molecule has 2 aromatic carbocycles. The maximum absolute atomic E-state index is 10.2. The van der Waals surface area contributed by atoms with Gasteiger partial charge in [0.05, 0.1) is 6.10 Å². The topological polar surface area (TPSA) is 125 Å². The smallest absolute Gasteiger partial charge is 0.160 e. The summed E-state index contributed by atoms with van der Waals surface area (Å²) in [6.45, 7) is 7.17. The molecule has 0 radical (unpaired) electrons. The number of rotatable bonds is 16. The molecule has 0 bridgehead atoms. The molecule has 0 heterocycles. The molecule has 7 N–H and O–H groups in total. The van der Waals surface area contributed by atoms with Crippen LogP contribution >= 0.6 is 24.8 Å². The number of halogens is 2. The van der Waals surface area contributed by atoms with E-state index in [0.29, 0.717) is 12.8 Å². The molecule has 36 heavy (non-hydrogen) atoms. The van der Waals surface area contributed by atoms with Gasteiger partial charge in [0, 0.05) is 11.1 Å². The zero-order valence-electron chi connectivity index (χ0n) is 21.4. The Morgan fingerprint density at radius 2 is 1.03 bits per heavy atom. The number of hydrogen-bond acceptors (Lipinski definition) is 7. The summed E-state index contributed by atoms with van der Waals surface area (Å²) in [6, 6.07) is 6.81. The van der Waals surface area contributed by atoms with Crippen molar-refractivity contribution in [3.63, 3.8) is 0 Å². The molecule has 206 valence electrons. The Bertz CT molecular complexity index is 827. The highest BCUT2D eigenvalue weighted by molar-refractivity contribution is 5.85. The first-order valence-electron chi connectivity index (χ1n) is 12.5. The van der Waals surface area contributed by atoms with Crippen molar-refractivity contribution in [2.75, 3.05) is 26.2 Å². The van der Waals surface area contributed by atoms with Gasteiger partial charge in [0.2, 0.25) is 0 Å².